The minimum absolute atomic E-state index is 0. The molecule has 0 aromatic carbocycles. The third kappa shape index (κ3) is 4.73. The van der Waals surface area contributed by atoms with Crippen molar-refractivity contribution in [3.8, 4) is 0 Å². The predicted octanol–water partition coefficient (Wildman–Crippen LogP) is 0.847. The van der Waals surface area contributed by atoms with Crippen LogP contribution >= 0.6 is 23.7 Å². The fourth-order valence-corrected chi connectivity index (χ4v) is 3.06. The minimum Gasteiger partial charge on any atom is -0.346 e. The van der Waals surface area contributed by atoms with E-state index in [0.29, 0.717) is 5.13 Å². The second-order valence-electron chi connectivity index (χ2n) is 4.48. The summed E-state index contributed by atoms with van der Waals surface area (Å²) in [5.74, 6) is -0.615. The Hall–Kier alpha value is -1.18. The number of aryl methyl sites for hydroxylation is 2. The highest BCUT2D eigenvalue weighted by molar-refractivity contribution is 7.15. The number of amides is 2. The third-order valence-corrected chi connectivity index (χ3v) is 4.05. The quantitative estimate of drug-likeness (QED) is 0.717. The molecule has 20 heavy (non-hydrogen) atoms. The van der Waals surface area contributed by atoms with Gasteiger partial charge in [0.2, 0.25) is 11.8 Å². The van der Waals surface area contributed by atoms with Crippen LogP contribution in [-0.4, -0.2) is 29.9 Å². The largest absolute Gasteiger partial charge is 0.346 e. The number of rotatable bonds is 4. The molecule has 1 aliphatic rings. The van der Waals surface area contributed by atoms with Crippen LogP contribution < -0.4 is 16.4 Å². The van der Waals surface area contributed by atoms with Gasteiger partial charge in [0.15, 0.2) is 5.13 Å². The highest BCUT2D eigenvalue weighted by Gasteiger charge is 2.15. The molecular weight excluding hydrogens is 300 g/mol. The van der Waals surface area contributed by atoms with Gasteiger partial charge in [-0.15, -0.1) is 23.7 Å². The van der Waals surface area contributed by atoms with Crippen molar-refractivity contribution in [2.24, 2.45) is 5.73 Å². The van der Waals surface area contributed by atoms with Crippen molar-refractivity contribution in [3.63, 3.8) is 0 Å². The predicted molar refractivity (Wildman–Crippen MR) is 81.3 cm³/mol. The van der Waals surface area contributed by atoms with Gasteiger partial charge in [0.1, 0.15) is 0 Å². The molecule has 2 amide bonds. The maximum Gasteiger partial charge on any atom is 0.245 e. The van der Waals surface area contributed by atoms with Gasteiger partial charge in [0, 0.05) is 4.88 Å². The Kier molecular flexibility index (Phi) is 6.90. The Bertz CT molecular complexity index is 455. The molecule has 8 heteroatoms. The summed E-state index contributed by atoms with van der Waals surface area (Å²) in [7, 11) is 0. The Balaban J connectivity index is 0.00000200. The highest BCUT2D eigenvalue weighted by Crippen LogP contribution is 2.28. The van der Waals surface area contributed by atoms with Gasteiger partial charge >= 0.3 is 0 Å². The first-order valence-electron chi connectivity index (χ1n) is 6.44. The molecule has 6 nitrogen and oxygen atoms in total. The summed E-state index contributed by atoms with van der Waals surface area (Å²) < 4.78 is 0. The summed E-state index contributed by atoms with van der Waals surface area (Å²) in [5, 5.41) is 5.76. The Morgan fingerprint density at radius 3 is 2.70 bits per heavy atom. The molecule has 1 heterocycles. The smallest absolute Gasteiger partial charge is 0.245 e. The Morgan fingerprint density at radius 1 is 1.20 bits per heavy atom. The van der Waals surface area contributed by atoms with Crippen LogP contribution in [0.5, 0.6) is 0 Å². The molecule has 4 N–H and O–H groups in total. The number of carbonyl (C=O) groups excluding carboxylic acids is 2. The summed E-state index contributed by atoms with van der Waals surface area (Å²) in [6, 6.07) is 0. The molecule has 0 saturated carbocycles. The number of halogens is 1. The molecule has 0 saturated heterocycles. The fraction of sp³-hybridized carbons (Fsp3) is 0.583. The number of anilines is 1. The highest BCUT2D eigenvalue weighted by atomic mass is 35.5. The summed E-state index contributed by atoms with van der Waals surface area (Å²) in [5.41, 5.74) is 6.25. The molecule has 0 aliphatic heterocycles. The van der Waals surface area contributed by atoms with E-state index in [0.717, 1.165) is 25.0 Å². The molecular formula is C12H19ClN4O2S. The monoisotopic (exact) mass is 318 g/mol. The van der Waals surface area contributed by atoms with Gasteiger partial charge in [0.25, 0.3) is 0 Å². The molecule has 112 valence electrons. The lowest BCUT2D eigenvalue weighted by molar-refractivity contribution is -0.123. The van der Waals surface area contributed by atoms with Gasteiger partial charge in [-0.05, 0) is 25.7 Å². The topological polar surface area (TPSA) is 97.1 Å². The molecule has 1 aromatic heterocycles. The van der Waals surface area contributed by atoms with E-state index in [1.807, 2.05) is 0 Å². The SMILES string of the molecule is Cl.NCC(=O)NCC(=O)Nc1nc2c(s1)CCCCC2. The van der Waals surface area contributed by atoms with Gasteiger partial charge < -0.3 is 16.4 Å². The molecule has 0 bridgehead atoms. The lowest BCUT2D eigenvalue weighted by atomic mass is 10.2. The summed E-state index contributed by atoms with van der Waals surface area (Å²) in [4.78, 5) is 28.3. The van der Waals surface area contributed by atoms with E-state index < -0.39 is 0 Å². The normalized spacial score (nSPS) is 13.7. The average Bonchev–Trinajstić information content (AvgIpc) is 2.64. The van der Waals surface area contributed by atoms with Crippen LogP contribution in [-0.2, 0) is 22.4 Å². The van der Waals surface area contributed by atoms with Gasteiger partial charge in [0.05, 0.1) is 18.8 Å². The van der Waals surface area contributed by atoms with E-state index in [4.69, 9.17) is 5.73 Å². The summed E-state index contributed by atoms with van der Waals surface area (Å²) in [6.45, 7) is -0.181. The molecule has 0 fully saturated rings. The van der Waals surface area contributed by atoms with E-state index in [-0.39, 0.29) is 37.3 Å². The molecule has 0 atom stereocenters. The van der Waals surface area contributed by atoms with Crippen molar-refractivity contribution in [3.05, 3.63) is 10.6 Å². The number of carbonyl (C=O) groups is 2. The zero-order valence-electron chi connectivity index (χ0n) is 11.1. The van der Waals surface area contributed by atoms with Crippen molar-refractivity contribution in [1.82, 2.24) is 10.3 Å². The van der Waals surface area contributed by atoms with Crippen LogP contribution in [0, 0.1) is 0 Å². The van der Waals surface area contributed by atoms with E-state index in [9.17, 15) is 9.59 Å². The number of thiazole rings is 1. The number of nitrogens with two attached hydrogens (primary N) is 1. The van der Waals surface area contributed by atoms with Crippen molar-refractivity contribution in [1.29, 1.82) is 0 Å². The minimum atomic E-state index is -0.343. The maximum absolute atomic E-state index is 11.6. The number of hydrogen-bond donors (Lipinski definition) is 3. The second kappa shape index (κ2) is 8.18. The first-order valence-corrected chi connectivity index (χ1v) is 7.26. The molecule has 0 unspecified atom stereocenters. The van der Waals surface area contributed by atoms with Crippen LogP contribution in [0.15, 0.2) is 0 Å². The van der Waals surface area contributed by atoms with Gasteiger partial charge in [-0.3, -0.25) is 9.59 Å². The van der Waals surface area contributed by atoms with Gasteiger partial charge in [-0.2, -0.15) is 0 Å². The number of nitrogens with zero attached hydrogens (tertiary/aromatic N) is 1. The van der Waals surface area contributed by atoms with E-state index in [1.54, 1.807) is 0 Å². The van der Waals surface area contributed by atoms with Crippen LogP contribution in [0.3, 0.4) is 0 Å². The molecule has 0 radical (unpaired) electrons. The van der Waals surface area contributed by atoms with Gasteiger partial charge in [-0.1, -0.05) is 6.42 Å². The molecule has 1 aliphatic carbocycles. The Morgan fingerprint density at radius 2 is 1.95 bits per heavy atom. The zero-order valence-corrected chi connectivity index (χ0v) is 12.7. The number of fused-ring (bicyclic) bond motifs is 1. The third-order valence-electron chi connectivity index (χ3n) is 2.97. The van der Waals surface area contributed by atoms with Crippen LogP contribution in [0.25, 0.3) is 0 Å². The number of hydrogen-bond acceptors (Lipinski definition) is 5. The first kappa shape index (κ1) is 16.9. The Labute approximate surface area is 127 Å². The first-order chi connectivity index (χ1) is 9.19. The van der Waals surface area contributed by atoms with Crippen molar-refractivity contribution < 1.29 is 9.59 Å². The van der Waals surface area contributed by atoms with E-state index in [2.05, 4.69) is 15.6 Å². The maximum atomic E-state index is 11.6. The summed E-state index contributed by atoms with van der Waals surface area (Å²) >= 11 is 1.54. The van der Waals surface area contributed by atoms with Crippen molar-refractivity contribution in [2.75, 3.05) is 18.4 Å². The second-order valence-corrected chi connectivity index (χ2v) is 5.56. The fourth-order valence-electron chi connectivity index (χ4n) is 2.00. The van der Waals surface area contributed by atoms with E-state index >= 15 is 0 Å². The number of nitrogens with one attached hydrogen (secondary N) is 2. The van der Waals surface area contributed by atoms with Crippen molar-refractivity contribution in [2.45, 2.75) is 32.1 Å². The van der Waals surface area contributed by atoms with E-state index in [1.165, 1.54) is 29.1 Å². The number of aromatic nitrogens is 1. The standard InChI is InChI=1S/C12H18N4O2S.ClH/c13-6-10(17)14-7-11(18)16-12-15-8-4-2-1-3-5-9(8)19-12;/h1-7,13H2,(H,14,17)(H,15,16,18);1H. The van der Waals surface area contributed by atoms with Crippen LogP contribution in [0.4, 0.5) is 5.13 Å². The average molecular weight is 319 g/mol. The van der Waals surface area contributed by atoms with Gasteiger partial charge in [-0.25, -0.2) is 4.98 Å². The lowest BCUT2D eigenvalue weighted by Crippen LogP contribution is -2.36. The van der Waals surface area contributed by atoms with Crippen molar-refractivity contribution >= 4 is 40.7 Å². The summed E-state index contributed by atoms with van der Waals surface area (Å²) in [6.07, 6.45) is 5.64. The molecule has 1 aromatic rings. The molecule has 0 spiro atoms. The molecule has 2 rings (SSSR count). The lowest BCUT2D eigenvalue weighted by Gasteiger charge is -2.03. The van der Waals surface area contributed by atoms with Crippen LogP contribution in [0.2, 0.25) is 0 Å². The zero-order chi connectivity index (χ0) is 13.7. The van der Waals surface area contributed by atoms with Crippen LogP contribution in [0.1, 0.15) is 29.8 Å².